The molecule has 1 aromatic heterocycles. The summed E-state index contributed by atoms with van der Waals surface area (Å²) in [7, 11) is 1.89. The van der Waals surface area contributed by atoms with Gasteiger partial charge in [0.1, 0.15) is 6.61 Å². The van der Waals surface area contributed by atoms with Crippen LogP contribution >= 0.6 is 0 Å². The molecular weight excluding hydrogens is 190 g/mol. The zero-order valence-electron chi connectivity index (χ0n) is 9.66. The highest BCUT2D eigenvalue weighted by Gasteiger charge is 2.02. The molecule has 15 heavy (non-hydrogen) atoms. The van der Waals surface area contributed by atoms with Gasteiger partial charge in [-0.3, -0.25) is 4.68 Å². The van der Waals surface area contributed by atoms with E-state index in [0.717, 1.165) is 17.9 Å². The summed E-state index contributed by atoms with van der Waals surface area (Å²) in [5.41, 5.74) is 1.02. The van der Waals surface area contributed by atoms with Crippen molar-refractivity contribution in [1.29, 1.82) is 0 Å². The van der Waals surface area contributed by atoms with Gasteiger partial charge in [-0.25, -0.2) is 0 Å². The van der Waals surface area contributed by atoms with Crippen molar-refractivity contribution < 1.29 is 4.74 Å². The molecule has 0 fully saturated rings. The molecule has 0 spiro atoms. The maximum Gasteiger partial charge on any atom is 0.157 e. The maximum absolute atomic E-state index is 5.53. The van der Waals surface area contributed by atoms with Crippen LogP contribution < -0.4 is 10.1 Å². The van der Waals surface area contributed by atoms with Crippen LogP contribution in [0, 0.1) is 0 Å². The van der Waals surface area contributed by atoms with E-state index in [0.29, 0.717) is 12.6 Å². The number of nitrogens with one attached hydrogen (secondary N) is 1. The summed E-state index contributed by atoms with van der Waals surface area (Å²) in [5.74, 6) is 0.793. The third-order valence-corrected chi connectivity index (χ3v) is 1.98. The van der Waals surface area contributed by atoms with Crippen molar-refractivity contribution in [3.63, 3.8) is 0 Å². The van der Waals surface area contributed by atoms with E-state index in [1.807, 2.05) is 17.9 Å². The number of ether oxygens (including phenoxy) is 1. The molecule has 0 radical (unpaired) electrons. The number of hydrogen-bond donors (Lipinski definition) is 1. The molecule has 0 bridgehead atoms. The third kappa shape index (κ3) is 3.75. The van der Waals surface area contributed by atoms with Crippen molar-refractivity contribution in [3.8, 4) is 5.75 Å². The number of likely N-dealkylation sites (N-methyl/N-ethyl adjacent to an activating group) is 1. The van der Waals surface area contributed by atoms with Crippen molar-refractivity contribution >= 4 is 0 Å². The van der Waals surface area contributed by atoms with Crippen LogP contribution in [0.3, 0.4) is 0 Å². The van der Waals surface area contributed by atoms with E-state index in [1.54, 1.807) is 6.20 Å². The van der Waals surface area contributed by atoms with Crippen LogP contribution in [-0.4, -0.2) is 30.0 Å². The first kappa shape index (κ1) is 11.8. The fourth-order valence-corrected chi connectivity index (χ4v) is 1.16. The molecule has 0 aliphatic heterocycles. The van der Waals surface area contributed by atoms with E-state index in [4.69, 9.17) is 4.74 Å². The van der Waals surface area contributed by atoms with Crippen molar-refractivity contribution in [2.24, 2.45) is 0 Å². The van der Waals surface area contributed by atoms with Gasteiger partial charge in [0.15, 0.2) is 5.75 Å². The topological polar surface area (TPSA) is 39.1 Å². The van der Waals surface area contributed by atoms with E-state index in [-0.39, 0.29) is 0 Å². The second-order valence-electron chi connectivity index (χ2n) is 3.82. The fraction of sp³-hybridized carbons (Fsp3) is 0.545. The lowest BCUT2D eigenvalue weighted by atomic mass is 10.3. The predicted molar refractivity (Wildman–Crippen MR) is 61.2 cm³/mol. The van der Waals surface area contributed by atoms with Gasteiger partial charge in [-0.2, -0.15) is 5.10 Å². The molecule has 0 atom stereocenters. The molecule has 0 saturated carbocycles. The minimum Gasteiger partial charge on any atom is -0.486 e. The Bertz CT molecular complexity index is 317. The number of aromatic nitrogens is 2. The second kappa shape index (κ2) is 5.56. The van der Waals surface area contributed by atoms with E-state index >= 15 is 0 Å². The molecule has 0 aromatic carbocycles. The van der Waals surface area contributed by atoms with Crippen LogP contribution in [0.15, 0.2) is 24.5 Å². The van der Waals surface area contributed by atoms with Gasteiger partial charge >= 0.3 is 0 Å². The Morgan fingerprint density at radius 2 is 2.40 bits per heavy atom. The lowest BCUT2D eigenvalue weighted by Crippen LogP contribution is -2.14. The average Bonchev–Trinajstić information content (AvgIpc) is 2.63. The Morgan fingerprint density at radius 1 is 1.67 bits per heavy atom. The lowest BCUT2D eigenvalue weighted by molar-refractivity contribution is 0.348. The second-order valence-corrected chi connectivity index (χ2v) is 3.82. The summed E-state index contributed by atoms with van der Waals surface area (Å²) in [6, 6.07) is 0.364. The van der Waals surface area contributed by atoms with Gasteiger partial charge in [0.25, 0.3) is 0 Å². The zero-order chi connectivity index (χ0) is 11.3. The fourth-order valence-electron chi connectivity index (χ4n) is 1.16. The molecule has 0 aliphatic rings. The lowest BCUT2D eigenvalue weighted by Gasteiger charge is -2.06. The quantitative estimate of drug-likeness (QED) is 0.724. The first-order valence-corrected chi connectivity index (χ1v) is 5.11. The summed E-state index contributed by atoms with van der Waals surface area (Å²) in [6.45, 7) is 9.36. The largest absolute Gasteiger partial charge is 0.486 e. The molecule has 1 N–H and O–H groups in total. The molecule has 1 heterocycles. The molecule has 1 rings (SSSR count). The maximum atomic E-state index is 5.53. The Kier molecular flexibility index (Phi) is 4.37. The molecule has 0 saturated heterocycles. The third-order valence-electron chi connectivity index (χ3n) is 1.98. The van der Waals surface area contributed by atoms with Crippen LogP contribution in [0.5, 0.6) is 5.75 Å². The van der Waals surface area contributed by atoms with E-state index in [2.05, 4.69) is 30.8 Å². The standard InChI is InChI=1S/C11H19N3O/c1-9(2)14-7-11(6-13-14)15-8-10(3)5-12-4/h6-7,9,12H,3,5,8H2,1-2,4H3. The highest BCUT2D eigenvalue weighted by Crippen LogP contribution is 2.12. The SMILES string of the molecule is C=C(CNC)COc1cnn(C(C)C)c1. The molecule has 1 aromatic rings. The monoisotopic (exact) mass is 209 g/mol. The molecule has 0 unspecified atom stereocenters. The summed E-state index contributed by atoms with van der Waals surface area (Å²) in [4.78, 5) is 0. The molecule has 4 heteroatoms. The Labute approximate surface area is 90.9 Å². The summed E-state index contributed by atoms with van der Waals surface area (Å²) in [5, 5.41) is 7.21. The minimum atomic E-state index is 0.364. The highest BCUT2D eigenvalue weighted by molar-refractivity contribution is 5.13. The van der Waals surface area contributed by atoms with Crippen LogP contribution in [0.25, 0.3) is 0 Å². The van der Waals surface area contributed by atoms with Gasteiger partial charge in [0.2, 0.25) is 0 Å². The van der Waals surface area contributed by atoms with Crippen molar-refractivity contribution in [1.82, 2.24) is 15.1 Å². The average molecular weight is 209 g/mol. The normalized spacial score (nSPS) is 10.7. The molecule has 0 amide bonds. The smallest absolute Gasteiger partial charge is 0.157 e. The van der Waals surface area contributed by atoms with Crippen LogP contribution in [-0.2, 0) is 0 Å². The van der Waals surface area contributed by atoms with Gasteiger partial charge in [-0.05, 0) is 26.5 Å². The summed E-state index contributed by atoms with van der Waals surface area (Å²) >= 11 is 0. The van der Waals surface area contributed by atoms with Crippen molar-refractivity contribution in [2.45, 2.75) is 19.9 Å². The van der Waals surface area contributed by atoms with Crippen LogP contribution in [0.2, 0.25) is 0 Å². The van der Waals surface area contributed by atoms with Gasteiger partial charge in [0.05, 0.1) is 12.4 Å². The molecule has 0 aliphatic carbocycles. The summed E-state index contributed by atoms with van der Waals surface area (Å²) < 4.78 is 7.40. The van der Waals surface area contributed by atoms with E-state index < -0.39 is 0 Å². The van der Waals surface area contributed by atoms with Crippen LogP contribution in [0.1, 0.15) is 19.9 Å². The number of nitrogens with zero attached hydrogens (tertiary/aromatic N) is 2. The highest BCUT2D eigenvalue weighted by atomic mass is 16.5. The van der Waals surface area contributed by atoms with Gasteiger partial charge in [-0.15, -0.1) is 0 Å². The van der Waals surface area contributed by atoms with Crippen molar-refractivity contribution in [3.05, 3.63) is 24.5 Å². The first-order chi connectivity index (χ1) is 7.13. The van der Waals surface area contributed by atoms with Gasteiger partial charge < -0.3 is 10.1 Å². The van der Waals surface area contributed by atoms with E-state index in [9.17, 15) is 0 Å². The summed E-state index contributed by atoms with van der Waals surface area (Å²) in [6.07, 6.45) is 3.63. The Hall–Kier alpha value is -1.29. The Morgan fingerprint density at radius 3 is 2.93 bits per heavy atom. The predicted octanol–water partition coefficient (Wildman–Crippen LogP) is 1.62. The zero-order valence-corrected chi connectivity index (χ0v) is 9.66. The Balaban J connectivity index is 2.41. The molecule has 4 nitrogen and oxygen atoms in total. The van der Waals surface area contributed by atoms with Gasteiger partial charge in [-0.1, -0.05) is 6.58 Å². The minimum absolute atomic E-state index is 0.364. The van der Waals surface area contributed by atoms with E-state index in [1.165, 1.54) is 0 Å². The van der Waals surface area contributed by atoms with Gasteiger partial charge in [0, 0.05) is 12.6 Å². The van der Waals surface area contributed by atoms with Crippen molar-refractivity contribution in [2.75, 3.05) is 20.2 Å². The molecular formula is C11H19N3O. The molecule has 84 valence electrons. The first-order valence-electron chi connectivity index (χ1n) is 5.11. The van der Waals surface area contributed by atoms with Crippen LogP contribution in [0.4, 0.5) is 0 Å². The number of rotatable bonds is 6. The number of hydrogen-bond acceptors (Lipinski definition) is 3.